The molecule has 0 spiro atoms. The average molecular weight is 652 g/mol. The first kappa shape index (κ1) is 36.6. The summed E-state index contributed by atoms with van der Waals surface area (Å²) in [5.74, 6) is -3.02. The van der Waals surface area contributed by atoms with E-state index in [0.717, 1.165) is 29.5 Å². The Kier molecular flexibility index (Phi) is 16.3. The first-order valence-electron chi connectivity index (χ1n) is 15.1. The van der Waals surface area contributed by atoms with Gasteiger partial charge < -0.3 is 40.6 Å². The molecule has 14 heteroatoms. The van der Waals surface area contributed by atoms with Gasteiger partial charge in [-0.2, -0.15) is 0 Å². The van der Waals surface area contributed by atoms with E-state index in [0.29, 0.717) is 0 Å². The Morgan fingerprint density at radius 1 is 0.787 bits per heavy atom. The van der Waals surface area contributed by atoms with Gasteiger partial charge in [-0.05, 0) is 29.5 Å². The molecule has 4 amide bonds. The van der Waals surface area contributed by atoms with Crippen molar-refractivity contribution in [1.82, 2.24) is 26.6 Å². The molecule has 0 radical (unpaired) electrons. The van der Waals surface area contributed by atoms with Crippen LogP contribution in [0.4, 0.5) is 0 Å². The van der Waals surface area contributed by atoms with Crippen LogP contribution in [0.15, 0.2) is 84.5 Å². The third-order valence-electron chi connectivity index (χ3n) is 6.60. The smallest absolute Gasteiger partial charge is 0.332 e. The number of hydrogen-bond donors (Lipinski definition) is 6. The Labute approximate surface area is 272 Å². The second-order valence-corrected chi connectivity index (χ2v) is 10.4. The van der Waals surface area contributed by atoms with E-state index in [2.05, 4.69) is 26.6 Å². The summed E-state index contributed by atoms with van der Waals surface area (Å²) < 4.78 is 15.5. The van der Waals surface area contributed by atoms with Crippen molar-refractivity contribution in [2.24, 2.45) is 0 Å². The van der Waals surface area contributed by atoms with Crippen molar-refractivity contribution in [2.75, 3.05) is 39.6 Å². The summed E-state index contributed by atoms with van der Waals surface area (Å²) in [4.78, 5) is 61.8. The first-order valence-corrected chi connectivity index (χ1v) is 15.1. The Bertz CT molecular complexity index is 1370. The second kappa shape index (κ2) is 21.0. The molecule has 1 unspecified atom stereocenters. The molecule has 2 aromatic rings. The van der Waals surface area contributed by atoms with Gasteiger partial charge in [-0.3, -0.25) is 24.5 Å². The Morgan fingerprint density at radius 3 is 2.17 bits per heavy atom. The molecule has 0 saturated carbocycles. The van der Waals surface area contributed by atoms with Crippen molar-refractivity contribution in [3.05, 3.63) is 95.6 Å². The standard InChI is InChI=1S/C33H41N5O9/c39-28(18-36-33(44)47-21-26-14-8-3-9-15-26)34-19-30(41)38-27(16-24-10-4-1-5-11-24)32(43)35-17-29(40)37-23-45-22-31(42)46-20-25-12-6-2-7-13-25/h1-8,10-14,27,33,36,44H,9,15-23H2,(H,34,39)(H,35,43)(H,37,40)(H,38,41)/t27-,33?/m1/s1. The molecule has 0 aliphatic heterocycles. The van der Waals surface area contributed by atoms with Gasteiger partial charge in [0.05, 0.1) is 26.2 Å². The highest BCUT2D eigenvalue weighted by atomic mass is 16.6. The molecule has 0 fully saturated rings. The van der Waals surface area contributed by atoms with Crippen molar-refractivity contribution in [3.8, 4) is 0 Å². The van der Waals surface area contributed by atoms with Crippen LogP contribution in [-0.4, -0.2) is 86.7 Å². The van der Waals surface area contributed by atoms with Crippen LogP contribution < -0.4 is 26.6 Å². The van der Waals surface area contributed by atoms with Crippen molar-refractivity contribution < 1.29 is 43.3 Å². The van der Waals surface area contributed by atoms with E-state index in [9.17, 15) is 29.1 Å². The summed E-state index contributed by atoms with van der Waals surface area (Å²) in [5, 5.41) is 22.3. The van der Waals surface area contributed by atoms with Crippen molar-refractivity contribution >= 4 is 29.6 Å². The predicted octanol–water partition coefficient (Wildman–Crippen LogP) is -0.0615. The maximum Gasteiger partial charge on any atom is 0.332 e. The van der Waals surface area contributed by atoms with Gasteiger partial charge in [-0.15, -0.1) is 0 Å². The maximum atomic E-state index is 12.9. The van der Waals surface area contributed by atoms with Crippen LogP contribution in [0.25, 0.3) is 0 Å². The number of benzene rings is 2. The third kappa shape index (κ3) is 15.8. The minimum absolute atomic E-state index is 0.0997. The largest absolute Gasteiger partial charge is 0.459 e. The fraction of sp³-hybridized carbons (Fsp3) is 0.364. The topological polar surface area (TPSA) is 193 Å². The SMILES string of the molecule is O=C(CNC(=O)[C@@H](Cc1ccccc1)NC(=O)CNC(=O)CNC(O)OCC1=CC=CCC1)NCOCC(=O)OCc1ccccc1. The van der Waals surface area contributed by atoms with Crippen LogP contribution in [-0.2, 0) is 51.2 Å². The highest BCUT2D eigenvalue weighted by molar-refractivity contribution is 5.92. The third-order valence-corrected chi connectivity index (χ3v) is 6.60. The zero-order chi connectivity index (χ0) is 33.7. The molecule has 0 heterocycles. The van der Waals surface area contributed by atoms with E-state index in [1.807, 2.05) is 54.6 Å². The lowest BCUT2D eigenvalue weighted by atomic mass is 10.1. The molecule has 6 N–H and O–H groups in total. The van der Waals surface area contributed by atoms with Gasteiger partial charge in [-0.1, -0.05) is 78.9 Å². The van der Waals surface area contributed by atoms with E-state index < -0.39 is 55.1 Å². The molecule has 2 aromatic carbocycles. The van der Waals surface area contributed by atoms with E-state index in [4.69, 9.17) is 14.2 Å². The molecule has 3 rings (SSSR count). The summed E-state index contributed by atoms with van der Waals surface area (Å²) in [6.45, 7) is -1.50. The van der Waals surface area contributed by atoms with Gasteiger partial charge in [-0.25, -0.2) is 4.79 Å². The number of hydrogen-bond acceptors (Lipinski definition) is 10. The van der Waals surface area contributed by atoms with Crippen molar-refractivity contribution in [2.45, 2.75) is 38.3 Å². The van der Waals surface area contributed by atoms with Crippen LogP contribution in [0.1, 0.15) is 24.0 Å². The van der Waals surface area contributed by atoms with Gasteiger partial charge in [0, 0.05) is 6.42 Å². The van der Waals surface area contributed by atoms with E-state index in [1.54, 1.807) is 24.3 Å². The number of carbonyl (C=O) groups excluding carboxylic acids is 5. The molecule has 14 nitrogen and oxygen atoms in total. The molecule has 47 heavy (non-hydrogen) atoms. The Morgan fingerprint density at radius 2 is 1.47 bits per heavy atom. The molecule has 2 atom stereocenters. The number of aliphatic hydroxyl groups is 1. The van der Waals surface area contributed by atoms with Gasteiger partial charge in [0.2, 0.25) is 30.0 Å². The zero-order valence-corrected chi connectivity index (χ0v) is 25.9. The molecule has 0 aromatic heterocycles. The normalized spacial score (nSPS) is 13.4. The van der Waals surface area contributed by atoms with Crippen molar-refractivity contribution in [3.63, 3.8) is 0 Å². The van der Waals surface area contributed by atoms with E-state index in [1.165, 1.54) is 0 Å². The van der Waals surface area contributed by atoms with Crippen LogP contribution in [0.3, 0.4) is 0 Å². The highest BCUT2D eigenvalue weighted by Crippen LogP contribution is 2.12. The fourth-order valence-corrected chi connectivity index (χ4v) is 4.14. The van der Waals surface area contributed by atoms with Gasteiger partial charge in [0.15, 0.2) is 0 Å². The lowest BCUT2D eigenvalue weighted by molar-refractivity contribution is -0.151. The summed E-state index contributed by atoms with van der Waals surface area (Å²) in [5.41, 5.74) is 2.60. The number of amides is 4. The second-order valence-electron chi connectivity index (χ2n) is 10.4. The Hall–Kier alpha value is -4.89. The summed E-state index contributed by atoms with van der Waals surface area (Å²) in [6.07, 6.45) is 6.35. The van der Waals surface area contributed by atoms with Crippen LogP contribution in [0, 0.1) is 0 Å². The lowest BCUT2D eigenvalue weighted by Crippen LogP contribution is -2.52. The van der Waals surface area contributed by atoms with Gasteiger partial charge in [0.25, 0.3) is 0 Å². The fourth-order valence-electron chi connectivity index (χ4n) is 4.14. The van der Waals surface area contributed by atoms with Crippen molar-refractivity contribution in [1.29, 1.82) is 0 Å². The molecule has 252 valence electrons. The molecular weight excluding hydrogens is 610 g/mol. The number of rotatable bonds is 20. The number of allylic oxidation sites excluding steroid dienone is 3. The highest BCUT2D eigenvalue weighted by Gasteiger charge is 2.22. The first-order chi connectivity index (χ1) is 22.8. The molecule has 0 saturated heterocycles. The predicted molar refractivity (Wildman–Crippen MR) is 170 cm³/mol. The Balaban J connectivity index is 1.35. The summed E-state index contributed by atoms with van der Waals surface area (Å²) in [7, 11) is 0. The van der Waals surface area contributed by atoms with Crippen LogP contribution in [0.2, 0.25) is 0 Å². The summed E-state index contributed by atoms with van der Waals surface area (Å²) in [6, 6.07) is 17.0. The van der Waals surface area contributed by atoms with E-state index >= 15 is 0 Å². The van der Waals surface area contributed by atoms with Gasteiger partial charge >= 0.3 is 5.97 Å². The molecule has 0 bridgehead atoms. The molecule has 1 aliphatic rings. The molecular formula is C33H41N5O9. The van der Waals surface area contributed by atoms with Crippen LogP contribution >= 0.6 is 0 Å². The number of aliphatic hydroxyl groups excluding tert-OH is 1. The summed E-state index contributed by atoms with van der Waals surface area (Å²) >= 11 is 0. The quantitative estimate of drug-likeness (QED) is 0.0642. The monoisotopic (exact) mass is 651 g/mol. The average Bonchev–Trinajstić information content (AvgIpc) is 3.09. The van der Waals surface area contributed by atoms with Crippen LogP contribution in [0.5, 0.6) is 0 Å². The number of esters is 1. The lowest BCUT2D eigenvalue weighted by Gasteiger charge is -2.19. The van der Waals surface area contributed by atoms with E-state index in [-0.39, 0.29) is 39.5 Å². The minimum Gasteiger partial charge on any atom is -0.459 e. The molecule has 1 aliphatic carbocycles. The zero-order valence-electron chi connectivity index (χ0n) is 25.9. The maximum absolute atomic E-state index is 12.9. The number of ether oxygens (including phenoxy) is 3. The van der Waals surface area contributed by atoms with Gasteiger partial charge in [0.1, 0.15) is 26.0 Å². The minimum atomic E-state index is -1.37. The number of carbonyl (C=O) groups is 5. The number of nitrogens with one attached hydrogen (secondary N) is 5.